The molecule has 0 radical (unpaired) electrons. The highest BCUT2D eigenvalue weighted by atomic mass is 32.2. The molecule has 1 aliphatic rings. The third-order valence-corrected chi connectivity index (χ3v) is 5.32. The van der Waals surface area contributed by atoms with E-state index < -0.39 is 15.6 Å². The predicted molar refractivity (Wildman–Crippen MR) is 77.8 cm³/mol. The van der Waals surface area contributed by atoms with Gasteiger partial charge in [0.25, 0.3) is 0 Å². The Labute approximate surface area is 117 Å². The molecule has 6 heteroatoms. The normalized spacial score (nSPS) is 27.8. The number of unbranched alkanes of at least 4 members (excludes halogenated alkanes) is 1. The summed E-state index contributed by atoms with van der Waals surface area (Å²) in [5.41, 5.74) is -0.445. The van der Waals surface area contributed by atoms with Gasteiger partial charge in [-0.2, -0.15) is 0 Å². The number of hydrogen-bond donors (Lipinski definition) is 2. The van der Waals surface area contributed by atoms with Crippen molar-refractivity contribution >= 4 is 10.0 Å². The van der Waals surface area contributed by atoms with Crippen LogP contribution in [-0.2, 0) is 14.8 Å². The van der Waals surface area contributed by atoms with Crippen molar-refractivity contribution in [2.75, 3.05) is 25.4 Å². The molecule has 0 amide bonds. The molecule has 5 nitrogen and oxygen atoms in total. The maximum absolute atomic E-state index is 12.0. The molecule has 2 atom stereocenters. The van der Waals surface area contributed by atoms with Crippen LogP contribution in [0.1, 0.15) is 46.5 Å². The van der Waals surface area contributed by atoms with Gasteiger partial charge in [-0.15, -0.1) is 0 Å². The first kappa shape index (κ1) is 16.9. The van der Waals surface area contributed by atoms with E-state index in [9.17, 15) is 8.42 Å². The number of rotatable bonds is 9. The first-order chi connectivity index (χ1) is 8.90. The average Bonchev–Trinajstić information content (AvgIpc) is 2.63. The van der Waals surface area contributed by atoms with Crippen molar-refractivity contribution in [3.05, 3.63) is 0 Å². The van der Waals surface area contributed by atoms with E-state index in [1.807, 2.05) is 13.8 Å². The fourth-order valence-electron chi connectivity index (χ4n) is 2.22. The van der Waals surface area contributed by atoms with Gasteiger partial charge in [0.15, 0.2) is 0 Å². The Morgan fingerprint density at radius 3 is 2.63 bits per heavy atom. The summed E-state index contributed by atoms with van der Waals surface area (Å²) in [4.78, 5) is 0. The van der Waals surface area contributed by atoms with Gasteiger partial charge in [0, 0.05) is 6.61 Å². The molecular formula is C13H28N2O3S. The van der Waals surface area contributed by atoms with Gasteiger partial charge in [-0.05, 0) is 52.6 Å². The van der Waals surface area contributed by atoms with Crippen molar-refractivity contribution in [3.8, 4) is 0 Å². The van der Waals surface area contributed by atoms with Gasteiger partial charge in [0.2, 0.25) is 10.0 Å². The zero-order chi connectivity index (χ0) is 14.4. The molecule has 1 heterocycles. The van der Waals surface area contributed by atoms with E-state index in [0.29, 0.717) is 13.0 Å². The van der Waals surface area contributed by atoms with Crippen LogP contribution in [0, 0.1) is 0 Å². The Morgan fingerprint density at radius 1 is 1.32 bits per heavy atom. The predicted octanol–water partition coefficient (Wildman–Crippen LogP) is 1.25. The molecule has 0 aromatic heterocycles. The summed E-state index contributed by atoms with van der Waals surface area (Å²) >= 11 is 0. The standard InChI is InChI=1S/C13H28N2O3S/c1-4-8-14-9-5-6-11-19(16,17)15-13(3)7-10-18-12(13)2/h12,14-15H,4-11H2,1-3H3. The van der Waals surface area contributed by atoms with Crippen LogP contribution in [0.2, 0.25) is 0 Å². The molecule has 0 aromatic carbocycles. The molecular weight excluding hydrogens is 264 g/mol. The molecule has 0 bridgehead atoms. The number of ether oxygens (including phenoxy) is 1. The Kier molecular flexibility index (Phi) is 6.73. The van der Waals surface area contributed by atoms with Gasteiger partial charge in [-0.3, -0.25) is 0 Å². The minimum Gasteiger partial charge on any atom is -0.376 e. The summed E-state index contributed by atoms with van der Waals surface area (Å²) in [6.45, 7) is 8.47. The van der Waals surface area contributed by atoms with E-state index >= 15 is 0 Å². The Bertz CT molecular complexity index is 359. The minimum atomic E-state index is -3.21. The molecule has 19 heavy (non-hydrogen) atoms. The maximum atomic E-state index is 12.0. The average molecular weight is 292 g/mol. The van der Waals surface area contributed by atoms with Gasteiger partial charge in [-0.25, -0.2) is 13.1 Å². The largest absolute Gasteiger partial charge is 0.376 e. The fourth-order valence-corrected chi connectivity index (χ4v) is 3.88. The van der Waals surface area contributed by atoms with E-state index in [-0.39, 0.29) is 11.9 Å². The monoisotopic (exact) mass is 292 g/mol. The maximum Gasteiger partial charge on any atom is 0.212 e. The van der Waals surface area contributed by atoms with Gasteiger partial charge in [-0.1, -0.05) is 6.92 Å². The molecule has 1 aliphatic heterocycles. The van der Waals surface area contributed by atoms with Crippen LogP contribution in [0.4, 0.5) is 0 Å². The Morgan fingerprint density at radius 2 is 2.05 bits per heavy atom. The lowest BCUT2D eigenvalue weighted by Gasteiger charge is -2.28. The second kappa shape index (κ2) is 7.57. The van der Waals surface area contributed by atoms with Crippen LogP contribution in [0.15, 0.2) is 0 Å². The third kappa shape index (κ3) is 5.77. The first-order valence-corrected chi connectivity index (χ1v) is 8.89. The quantitative estimate of drug-likeness (QED) is 0.628. The molecule has 1 rings (SSSR count). The summed E-state index contributed by atoms with van der Waals surface area (Å²) in [5.74, 6) is 0.198. The number of hydrogen-bond acceptors (Lipinski definition) is 4. The van der Waals surface area contributed by atoms with Crippen LogP contribution in [0.3, 0.4) is 0 Å². The molecule has 0 aliphatic carbocycles. The van der Waals surface area contributed by atoms with Crippen molar-refractivity contribution in [2.45, 2.75) is 58.1 Å². The highest BCUT2D eigenvalue weighted by molar-refractivity contribution is 7.89. The molecule has 1 fully saturated rings. The first-order valence-electron chi connectivity index (χ1n) is 7.23. The van der Waals surface area contributed by atoms with E-state index in [1.54, 1.807) is 0 Å². The highest BCUT2D eigenvalue weighted by Crippen LogP contribution is 2.26. The second-order valence-electron chi connectivity index (χ2n) is 5.56. The van der Waals surface area contributed by atoms with Gasteiger partial charge >= 0.3 is 0 Å². The lowest BCUT2D eigenvalue weighted by Crippen LogP contribution is -2.51. The molecule has 0 saturated carbocycles. The molecule has 0 spiro atoms. The smallest absolute Gasteiger partial charge is 0.212 e. The van der Waals surface area contributed by atoms with Crippen molar-refractivity contribution < 1.29 is 13.2 Å². The van der Waals surface area contributed by atoms with E-state index in [1.165, 1.54) is 0 Å². The van der Waals surface area contributed by atoms with Crippen molar-refractivity contribution in [2.24, 2.45) is 0 Å². The SMILES string of the molecule is CCCNCCCCS(=O)(=O)NC1(C)CCOC1C. The highest BCUT2D eigenvalue weighted by Gasteiger charge is 2.39. The van der Waals surface area contributed by atoms with Crippen molar-refractivity contribution in [3.63, 3.8) is 0 Å². The van der Waals surface area contributed by atoms with E-state index in [4.69, 9.17) is 4.74 Å². The molecule has 2 N–H and O–H groups in total. The fraction of sp³-hybridized carbons (Fsp3) is 1.00. The third-order valence-electron chi connectivity index (χ3n) is 3.72. The summed E-state index contributed by atoms with van der Waals surface area (Å²) in [6.07, 6.45) is 3.37. The van der Waals surface area contributed by atoms with Crippen molar-refractivity contribution in [1.82, 2.24) is 10.0 Å². The summed E-state index contributed by atoms with van der Waals surface area (Å²) in [7, 11) is -3.21. The lowest BCUT2D eigenvalue weighted by atomic mass is 9.97. The van der Waals surface area contributed by atoms with E-state index in [2.05, 4.69) is 17.0 Å². The molecule has 2 unspecified atom stereocenters. The number of nitrogens with one attached hydrogen (secondary N) is 2. The number of sulfonamides is 1. The Hall–Kier alpha value is -0.170. The lowest BCUT2D eigenvalue weighted by molar-refractivity contribution is 0.0957. The topological polar surface area (TPSA) is 67.4 Å². The summed E-state index contributed by atoms with van der Waals surface area (Å²) < 4.78 is 32.3. The van der Waals surface area contributed by atoms with Gasteiger partial charge in [0.05, 0.1) is 17.4 Å². The van der Waals surface area contributed by atoms with Gasteiger partial charge in [0.1, 0.15) is 0 Å². The van der Waals surface area contributed by atoms with Crippen LogP contribution in [0.5, 0.6) is 0 Å². The zero-order valence-electron chi connectivity index (χ0n) is 12.4. The summed E-state index contributed by atoms with van der Waals surface area (Å²) in [6, 6.07) is 0. The van der Waals surface area contributed by atoms with Crippen LogP contribution in [0.25, 0.3) is 0 Å². The van der Waals surface area contributed by atoms with E-state index in [0.717, 1.165) is 32.4 Å². The summed E-state index contributed by atoms with van der Waals surface area (Å²) in [5, 5.41) is 3.27. The van der Waals surface area contributed by atoms with Crippen LogP contribution < -0.4 is 10.0 Å². The van der Waals surface area contributed by atoms with Crippen LogP contribution >= 0.6 is 0 Å². The Balaban J connectivity index is 2.28. The van der Waals surface area contributed by atoms with Crippen LogP contribution in [-0.4, -0.2) is 45.5 Å². The minimum absolute atomic E-state index is 0.0616. The molecule has 114 valence electrons. The molecule has 0 aromatic rings. The second-order valence-corrected chi connectivity index (χ2v) is 7.40. The van der Waals surface area contributed by atoms with Gasteiger partial charge < -0.3 is 10.1 Å². The zero-order valence-corrected chi connectivity index (χ0v) is 13.2. The van der Waals surface area contributed by atoms with Crippen molar-refractivity contribution in [1.29, 1.82) is 0 Å². The molecule has 1 saturated heterocycles.